The molecule has 30 heavy (non-hydrogen) atoms. The van der Waals surface area contributed by atoms with Crippen LogP contribution in [0, 0.1) is 0 Å². The Labute approximate surface area is 175 Å². The zero-order chi connectivity index (χ0) is 22.3. The molecule has 0 aliphatic carbocycles. The molecule has 4 N–H and O–H groups in total. The van der Waals surface area contributed by atoms with Gasteiger partial charge in [-0.3, -0.25) is 19.3 Å². The molecule has 1 aliphatic rings. The van der Waals surface area contributed by atoms with Crippen molar-refractivity contribution in [2.24, 2.45) is 5.73 Å². The zero-order valence-corrected chi connectivity index (χ0v) is 17.4. The average molecular weight is 420 g/mol. The van der Waals surface area contributed by atoms with Crippen LogP contribution in [-0.4, -0.2) is 60.1 Å². The molecule has 0 bridgehead atoms. The lowest BCUT2D eigenvalue weighted by Gasteiger charge is -2.28. The lowest BCUT2D eigenvalue weighted by Crippen LogP contribution is -2.48. The summed E-state index contributed by atoms with van der Waals surface area (Å²) in [6.07, 6.45) is 0.663. The lowest BCUT2D eigenvalue weighted by molar-refractivity contribution is -0.127. The first-order valence-electron chi connectivity index (χ1n) is 9.63. The highest BCUT2D eigenvalue weighted by Gasteiger charge is 2.36. The minimum atomic E-state index is -0.658. The van der Waals surface area contributed by atoms with E-state index in [0.29, 0.717) is 30.8 Å². The summed E-state index contributed by atoms with van der Waals surface area (Å²) in [6.45, 7) is 5.24. The Bertz CT molecular complexity index is 787. The third kappa shape index (κ3) is 7.26. The van der Waals surface area contributed by atoms with Crippen LogP contribution in [0.1, 0.15) is 33.6 Å². The summed E-state index contributed by atoms with van der Waals surface area (Å²) in [5.41, 5.74) is 4.85. The van der Waals surface area contributed by atoms with Gasteiger partial charge >= 0.3 is 6.09 Å². The highest BCUT2D eigenvalue weighted by Crippen LogP contribution is 2.21. The van der Waals surface area contributed by atoms with E-state index >= 15 is 0 Å². The van der Waals surface area contributed by atoms with Gasteiger partial charge in [-0.05, 0) is 57.9 Å². The molecule has 1 fully saturated rings. The maximum Gasteiger partial charge on any atom is 0.410 e. The summed E-state index contributed by atoms with van der Waals surface area (Å²) in [6, 6.07) is 5.69. The number of nitrogens with zero attached hydrogens (tertiary/aromatic N) is 1. The second kappa shape index (κ2) is 9.95. The van der Waals surface area contributed by atoms with Crippen LogP contribution in [0.3, 0.4) is 0 Å². The quantitative estimate of drug-likeness (QED) is 0.601. The summed E-state index contributed by atoms with van der Waals surface area (Å²) in [5, 5.41) is 5.20. The van der Waals surface area contributed by atoms with Crippen molar-refractivity contribution in [3.63, 3.8) is 0 Å². The fourth-order valence-electron chi connectivity index (χ4n) is 2.86. The Morgan fingerprint density at radius 3 is 2.43 bits per heavy atom. The molecule has 2 rings (SSSR count). The largest absolute Gasteiger partial charge is 0.484 e. The first-order valence-corrected chi connectivity index (χ1v) is 9.63. The van der Waals surface area contributed by atoms with Gasteiger partial charge in [0.2, 0.25) is 11.8 Å². The summed E-state index contributed by atoms with van der Waals surface area (Å²) >= 11 is 0. The minimum Gasteiger partial charge on any atom is -0.484 e. The molecule has 164 valence electrons. The van der Waals surface area contributed by atoms with Gasteiger partial charge in [-0.15, -0.1) is 0 Å². The molecule has 0 unspecified atom stereocenters. The normalized spacial score (nSPS) is 16.0. The van der Waals surface area contributed by atoms with Crippen LogP contribution in [0.2, 0.25) is 0 Å². The molecule has 0 radical (unpaired) electrons. The van der Waals surface area contributed by atoms with E-state index in [0.717, 1.165) is 0 Å². The number of carbonyl (C=O) groups is 4. The summed E-state index contributed by atoms with van der Waals surface area (Å²) < 4.78 is 10.5. The number of benzene rings is 1. The number of carbonyl (C=O) groups excluding carboxylic acids is 4. The Morgan fingerprint density at radius 2 is 1.83 bits per heavy atom. The number of primary amides is 1. The second-order valence-electron chi connectivity index (χ2n) is 7.88. The van der Waals surface area contributed by atoms with Crippen LogP contribution in [0.25, 0.3) is 0 Å². The molecule has 1 aromatic rings. The van der Waals surface area contributed by atoms with Crippen molar-refractivity contribution in [1.29, 1.82) is 0 Å². The molecule has 10 heteroatoms. The van der Waals surface area contributed by atoms with Crippen LogP contribution >= 0.6 is 0 Å². The highest BCUT2D eigenvalue weighted by atomic mass is 16.6. The number of likely N-dealkylation sites (tertiary alicyclic amines) is 1. The molecular formula is C20H28N4O6. The van der Waals surface area contributed by atoms with E-state index in [2.05, 4.69) is 10.6 Å². The SMILES string of the molecule is CC(C)(C)OC(=O)N1CCC[C@@H]1C(=O)NCC(=O)Nc1ccc(OCC(N)=O)cc1. The standard InChI is InChI=1S/C20H28N4O6/c1-20(2,3)30-19(28)24-10-4-5-15(24)18(27)22-11-17(26)23-13-6-8-14(9-7-13)29-12-16(21)25/h6-9,15H,4-5,10-12H2,1-3H3,(H2,21,25)(H,22,27)(H,23,26)/t15-/m1/s1. The number of nitrogens with two attached hydrogens (primary N) is 1. The van der Waals surface area contributed by atoms with Crippen molar-refractivity contribution in [2.75, 3.05) is 25.0 Å². The Balaban J connectivity index is 1.81. The van der Waals surface area contributed by atoms with Crippen LogP contribution in [0.5, 0.6) is 5.75 Å². The van der Waals surface area contributed by atoms with Crippen molar-refractivity contribution in [2.45, 2.75) is 45.3 Å². The fraction of sp³-hybridized carbons (Fsp3) is 0.500. The number of hydrogen-bond donors (Lipinski definition) is 3. The topological polar surface area (TPSA) is 140 Å². The van der Waals surface area contributed by atoms with E-state index in [1.165, 1.54) is 4.90 Å². The first-order chi connectivity index (χ1) is 14.0. The monoisotopic (exact) mass is 420 g/mol. The van der Waals surface area contributed by atoms with Crippen LogP contribution in [0.15, 0.2) is 24.3 Å². The predicted octanol–water partition coefficient (Wildman–Crippen LogP) is 1.00. The number of rotatable bonds is 7. The molecule has 4 amide bonds. The molecule has 0 aromatic heterocycles. The molecule has 0 saturated carbocycles. The molecular weight excluding hydrogens is 392 g/mol. The average Bonchev–Trinajstić information content (AvgIpc) is 3.14. The van der Waals surface area contributed by atoms with Crippen molar-refractivity contribution in [3.8, 4) is 5.75 Å². The maximum atomic E-state index is 12.5. The maximum absolute atomic E-state index is 12.5. The van der Waals surface area contributed by atoms with Crippen LogP contribution < -0.4 is 21.1 Å². The van der Waals surface area contributed by atoms with Gasteiger partial charge in [0.05, 0.1) is 6.54 Å². The van der Waals surface area contributed by atoms with Gasteiger partial charge in [0.15, 0.2) is 6.61 Å². The van der Waals surface area contributed by atoms with E-state index in [-0.39, 0.29) is 13.2 Å². The number of amides is 4. The van der Waals surface area contributed by atoms with E-state index in [4.69, 9.17) is 15.2 Å². The lowest BCUT2D eigenvalue weighted by atomic mass is 10.2. The van der Waals surface area contributed by atoms with Gasteiger partial charge in [-0.25, -0.2) is 4.79 Å². The second-order valence-corrected chi connectivity index (χ2v) is 7.88. The third-order valence-electron chi connectivity index (χ3n) is 4.13. The Kier molecular flexibility index (Phi) is 7.62. The van der Waals surface area contributed by atoms with Crippen LogP contribution in [0.4, 0.5) is 10.5 Å². The van der Waals surface area contributed by atoms with Crippen molar-refractivity contribution < 1.29 is 28.7 Å². The van der Waals surface area contributed by atoms with Crippen molar-refractivity contribution >= 4 is 29.5 Å². The number of anilines is 1. The molecule has 0 spiro atoms. The number of nitrogens with one attached hydrogen (secondary N) is 2. The predicted molar refractivity (Wildman–Crippen MR) is 109 cm³/mol. The molecule has 1 aromatic carbocycles. The molecule has 1 atom stereocenters. The van der Waals surface area contributed by atoms with E-state index in [1.807, 2.05) is 0 Å². The van der Waals surface area contributed by atoms with Crippen LogP contribution in [-0.2, 0) is 19.1 Å². The minimum absolute atomic E-state index is 0.237. The summed E-state index contributed by atoms with van der Waals surface area (Å²) in [4.78, 5) is 48.9. The Hall–Kier alpha value is -3.30. The summed E-state index contributed by atoms with van der Waals surface area (Å²) in [5.74, 6) is -0.973. The van der Waals surface area contributed by atoms with E-state index < -0.39 is 35.5 Å². The van der Waals surface area contributed by atoms with Gasteiger partial charge in [-0.1, -0.05) is 0 Å². The van der Waals surface area contributed by atoms with Crippen molar-refractivity contribution in [1.82, 2.24) is 10.2 Å². The van der Waals surface area contributed by atoms with Gasteiger partial charge in [0, 0.05) is 12.2 Å². The molecule has 10 nitrogen and oxygen atoms in total. The fourth-order valence-corrected chi connectivity index (χ4v) is 2.86. The summed E-state index contributed by atoms with van der Waals surface area (Å²) in [7, 11) is 0. The van der Waals surface area contributed by atoms with E-state index in [9.17, 15) is 19.2 Å². The molecule has 1 saturated heterocycles. The number of hydrogen-bond acceptors (Lipinski definition) is 6. The first kappa shape index (κ1) is 23.0. The third-order valence-corrected chi connectivity index (χ3v) is 4.13. The van der Waals surface area contributed by atoms with E-state index in [1.54, 1.807) is 45.0 Å². The molecule has 1 aliphatic heterocycles. The zero-order valence-electron chi connectivity index (χ0n) is 17.4. The van der Waals surface area contributed by atoms with Gasteiger partial charge in [-0.2, -0.15) is 0 Å². The smallest absolute Gasteiger partial charge is 0.410 e. The molecule has 1 heterocycles. The highest BCUT2D eigenvalue weighted by molar-refractivity contribution is 5.95. The van der Waals surface area contributed by atoms with Gasteiger partial charge < -0.3 is 25.8 Å². The Morgan fingerprint density at radius 1 is 1.17 bits per heavy atom. The van der Waals surface area contributed by atoms with Gasteiger partial charge in [0.1, 0.15) is 17.4 Å². The number of ether oxygens (including phenoxy) is 2. The van der Waals surface area contributed by atoms with Crippen molar-refractivity contribution in [3.05, 3.63) is 24.3 Å². The van der Waals surface area contributed by atoms with Gasteiger partial charge in [0.25, 0.3) is 5.91 Å².